The maximum absolute atomic E-state index is 12.1. The van der Waals surface area contributed by atoms with E-state index >= 15 is 0 Å². The van der Waals surface area contributed by atoms with Crippen LogP contribution in [-0.4, -0.2) is 35.3 Å². The van der Waals surface area contributed by atoms with Gasteiger partial charge in [0.2, 0.25) is 0 Å². The smallest absolute Gasteiger partial charge is 0.258 e. The zero-order valence-corrected chi connectivity index (χ0v) is 15.3. The molecule has 0 aliphatic rings. The van der Waals surface area contributed by atoms with Gasteiger partial charge in [0.15, 0.2) is 11.6 Å². The van der Waals surface area contributed by atoms with Gasteiger partial charge in [-0.1, -0.05) is 11.6 Å². The standard InChI is InChI=1S/C18H16ClN5O3/c1-26-14-9-13(15(27-2)8-12(14)19)21-16-5-6-17(24-23-16)22-18(25)11-4-3-7-20-10-11/h3-10H,1-2H3,(H,21,23)(H,22,24,25). The fourth-order valence-corrected chi connectivity index (χ4v) is 2.48. The van der Waals surface area contributed by atoms with Crippen molar-refractivity contribution in [3.63, 3.8) is 0 Å². The van der Waals surface area contributed by atoms with Crippen molar-refractivity contribution in [3.05, 3.63) is 59.4 Å². The highest BCUT2D eigenvalue weighted by Gasteiger charge is 2.12. The third-order valence-corrected chi connectivity index (χ3v) is 3.86. The van der Waals surface area contributed by atoms with Crippen LogP contribution >= 0.6 is 11.6 Å². The lowest BCUT2D eigenvalue weighted by atomic mass is 10.2. The monoisotopic (exact) mass is 385 g/mol. The summed E-state index contributed by atoms with van der Waals surface area (Å²) in [4.78, 5) is 16.0. The molecule has 3 rings (SSSR count). The quantitative estimate of drug-likeness (QED) is 0.669. The van der Waals surface area contributed by atoms with E-state index in [1.165, 1.54) is 20.4 Å². The Hall–Kier alpha value is -3.39. The van der Waals surface area contributed by atoms with Crippen molar-refractivity contribution >= 4 is 34.8 Å². The Morgan fingerprint density at radius 2 is 1.78 bits per heavy atom. The Morgan fingerprint density at radius 1 is 1.04 bits per heavy atom. The third kappa shape index (κ3) is 4.42. The number of rotatable bonds is 6. The second-order valence-electron chi connectivity index (χ2n) is 5.31. The zero-order valence-electron chi connectivity index (χ0n) is 14.6. The van der Waals surface area contributed by atoms with Crippen LogP contribution in [-0.2, 0) is 0 Å². The fourth-order valence-electron chi connectivity index (χ4n) is 2.25. The molecule has 8 nitrogen and oxygen atoms in total. The minimum atomic E-state index is -0.317. The van der Waals surface area contributed by atoms with Crippen LogP contribution < -0.4 is 20.1 Å². The van der Waals surface area contributed by atoms with Crippen LogP contribution in [0.1, 0.15) is 10.4 Å². The molecule has 0 aliphatic carbocycles. The number of anilines is 3. The number of carbonyl (C=O) groups is 1. The van der Waals surface area contributed by atoms with Gasteiger partial charge in [0.05, 0.1) is 30.5 Å². The first-order valence-electron chi connectivity index (χ1n) is 7.84. The van der Waals surface area contributed by atoms with Crippen LogP contribution in [0.25, 0.3) is 0 Å². The first-order valence-corrected chi connectivity index (χ1v) is 8.22. The largest absolute Gasteiger partial charge is 0.495 e. The Kier molecular flexibility index (Phi) is 5.68. The first kappa shape index (κ1) is 18.4. The van der Waals surface area contributed by atoms with Crippen molar-refractivity contribution in [1.29, 1.82) is 0 Å². The molecule has 1 amide bonds. The molecule has 0 bridgehead atoms. The molecule has 3 aromatic rings. The highest BCUT2D eigenvalue weighted by atomic mass is 35.5. The maximum atomic E-state index is 12.1. The molecule has 0 radical (unpaired) electrons. The molecule has 2 heterocycles. The second-order valence-corrected chi connectivity index (χ2v) is 5.72. The number of halogens is 1. The molecule has 0 saturated heterocycles. The maximum Gasteiger partial charge on any atom is 0.258 e. The molecular weight excluding hydrogens is 370 g/mol. The summed E-state index contributed by atoms with van der Waals surface area (Å²) in [6, 6.07) is 9.97. The topological polar surface area (TPSA) is 98.3 Å². The van der Waals surface area contributed by atoms with Gasteiger partial charge >= 0.3 is 0 Å². The van der Waals surface area contributed by atoms with Crippen LogP contribution in [0.3, 0.4) is 0 Å². The molecule has 0 atom stereocenters. The van der Waals surface area contributed by atoms with E-state index in [4.69, 9.17) is 21.1 Å². The summed E-state index contributed by atoms with van der Waals surface area (Å²) in [5, 5.41) is 14.2. The Labute approximate surface area is 160 Å². The van der Waals surface area contributed by atoms with Gasteiger partial charge in [-0.05, 0) is 24.3 Å². The van der Waals surface area contributed by atoms with Crippen molar-refractivity contribution in [2.24, 2.45) is 0 Å². The zero-order chi connectivity index (χ0) is 19.2. The number of hydrogen-bond donors (Lipinski definition) is 2. The Balaban J connectivity index is 1.74. The van der Waals surface area contributed by atoms with E-state index in [0.29, 0.717) is 39.4 Å². The summed E-state index contributed by atoms with van der Waals surface area (Å²) >= 11 is 6.10. The number of methoxy groups -OCH3 is 2. The van der Waals surface area contributed by atoms with Crippen LogP contribution in [0.5, 0.6) is 11.5 Å². The van der Waals surface area contributed by atoms with E-state index in [1.54, 1.807) is 42.6 Å². The molecule has 2 aromatic heterocycles. The third-order valence-electron chi connectivity index (χ3n) is 3.57. The molecular formula is C18H16ClN5O3. The SMILES string of the molecule is COc1cc(Nc2ccc(NC(=O)c3cccnc3)nn2)c(OC)cc1Cl. The van der Waals surface area contributed by atoms with E-state index < -0.39 is 0 Å². The van der Waals surface area contributed by atoms with Gasteiger partial charge in [-0.15, -0.1) is 10.2 Å². The normalized spacial score (nSPS) is 10.2. The lowest BCUT2D eigenvalue weighted by Crippen LogP contribution is -2.13. The lowest BCUT2D eigenvalue weighted by Gasteiger charge is -2.13. The Morgan fingerprint density at radius 3 is 2.41 bits per heavy atom. The summed E-state index contributed by atoms with van der Waals surface area (Å²) in [5.41, 5.74) is 1.04. The second kappa shape index (κ2) is 8.33. The van der Waals surface area contributed by atoms with E-state index in [9.17, 15) is 4.79 Å². The van der Waals surface area contributed by atoms with Crippen LogP contribution in [0.15, 0.2) is 48.8 Å². The van der Waals surface area contributed by atoms with E-state index in [0.717, 1.165) is 0 Å². The number of nitrogens with one attached hydrogen (secondary N) is 2. The van der Waals surface area contributed by atoms with Crippen molar-refractivity contribution in [2.45, 2.75) is 0 Å². The highest BCUT2D eigenvalue weighted by molar-refractivity contribution is 6.32. The number of benzene rings is 1. The first-order chi connectivity index (χ1) is 13.1. The molecule has 1 aromatic carbocycles. The number of aromatic nitrogens is 3. The van der Waals surface area contributed by atoms with Gasteiger partial charge in [-0.3, -0.25) is 9.78 Å². The van der Waals surface area contributed by atoms with Gasteiger partial charge in [0.1, 0.15) is 11.5 Å². The van der Waals surface area contributed by atoms with E-state index in [-0.39, 0.29) is 5.91 Å². The minimum absolute atomic E-state index is 0.315. The van der Waals surface area contributed by atoms with Crippen molar-refractivity contribution in [2.75, 3.05) is 24.9 Å². The molecule has 138 valence electrons. The number of nitrogens with zero attached hydrogens (tertiary/aromatic N) is 3. The molecule has 0 saturated carbocycles. The molecule has 9 heteroatoms. The summed E-state index contributed by atoms with van der Waals surface area (Å²) in [7, 11) is 3.06. The molecule has 0 unspecified atom stereocenters. The fraction of sp³-hybridized carbons (Fsp3) is 0.111. The molecule has 0 spiro atoms. The van der Waals surface area contributed by atoms with Crippen LogP contribution in [0, 0.1) is 0 Å². The Bertz CT molecular complexity index is 936. The van der Waals surface area contributed by atoms with Gasteiger partial charge in [-0.25, -0.2) is 0 Å². The predicted molar refractivity (Wildman–Crippen MR) is 102 cm³/mol. The molecule has 0 fully saturated rings. The van der Waals surface area contributed by atoms with E-state index in [2.05, 4.69) is 25.8 Å². The van der Waals surface area contributed by atoms with Crippen LogP contribution in [0.2, 0.25) is 5.02 Å². The van der Waals surface area contributed by atoms with Gasteiger partial charge in [-0.2, -0.15) is 0 Å². The highest BCUT2D eigenvalue weighted by Crippen LogP contribution is 2.37. The van der Waals surface area contributed by atoms with E-state index in [1.807, 2.05) is 0 Å². The summed E-state index contributed by atoms with van der Waals surface area (Å²) in [6.45, 7) is 0. The van der Waals surface area contributed by atoms with Crippen molar-refractivity contribution < 1.29 is 14.3 Å². The van der Waals surface area contributed by atoms with Gasteiger partial charge in [0, 0.05) is 24.5 Å². The van der Waals surface area contributed by atoms with Crippen LogP contribution in [0.4, 0.5) is 17.3 Å². The summed E-state index contributed by atoms with van der Waals surface area (Å²) < 4.78 is 10.5. The molecule has 27 heavy (non-hydrogen) atoms. The number of pyridine rings is 1. The summed E-state index contributed by atoms with van der Waals surface area (Å²) in [5.74, 6) is 1.47. The average Bonchev–Trinajstić information content (AvgIpc) is 2.71. The number of hydrogen-bond acceptors (Lipinski definition) is 7. The van der Waals surface area contributed by atoms with Gasteiger partial charge in [0.25, 0.3) is 5.91 Å². The number of amides is 1. The van der Waals surface area contributed by atoms with Gasteiger partial charge < -0.3 is 20.1 Å². The summed E-state index contributed by atoms with van der Waals surface area (Å²) in [6.07, 6.45) is 3.07. The average molecular weight is 386 g/mol. The lowest BCUT2D eigenvalue weighted by molar-refractivity contribution is 0.102. The predicted octanol–water partition coefficient (Wildman–Crippen LogP) is 3.54. The van der Waals surface area contributed by atoms with Crippen molar-refractivity contribution in [3.8, 4) is 11.5 Å². The molecule has 0 aliphatic heterocycles. The van der Waals surface area contributed by atoms with Crippen molar-refractivity contribution in [1.82, 2.24) is 15.2 Å². The number of carbonyl (C=O) groups excluding carboxylic acids is 1. The molecule has 2 N–H and O–H groups in total. The minimum Gasteiger partial charge on any atom is -0.495 e. The number of ether oxygens (including phenoxy) is 2.